The number of nitrogens with zero attached hydrogens (tertiary/aromatic N) is 4. The van der Waals surface area contributed by atoms with Crippen LogP contribution in [0.1, 0.15) is 0 Å². The number of rotatable bonds is 5. The van der Waals surface area contributed by atoms with Crippen LogP contribution in [-0.2, 0) is 0 Å². The van der Waals surface area contributed by atoms with E-state index in [4.69, 9.17) is 23.8 Å². The lowest BCUT2D eigenvalue weighted by Crippen LogP contribution is -2.04. The van der Waals surface area contributed by atoms with E-state index in [-0.39, 0.29) is 0 Å². The van der Waals surface area contributed by atoms with Crippen LogP contribution in [0, 0.1) is 0 Å². The maximum absolute atomic E-state index is 6.62. The number of benzene rings is 9. The lowest BCUT2D eigenvalue weighted by atomic mass is 10.0. The summed E-state index contributed by atoms with van der Waals surface area (Å²) < 4.78 is 15.6. The molecule has 4 aromatic heterocycles. The Bertz CT molecular complexity index is 3900. The molecule has 0 fully saturated rings. The predicted molar refractivity (Wildman–Crippen MR) is 248 cm³/mol. The van der Waals surface area contributed by atoms with Gasteiger partial charge in [0.25, 0.3) is 0 Å². The van der Waals surface area contributed by atoms with Gasteiger partial charge in [-0.25, -0.2) is 15.0 Å². The Hall–Kier alpha value is -8.35. The topological polar surface area (TPSA) is 69.9 Å². The number of furan rings is 2. The number of hydrogen-bond acceptors (Lipinski definition) is 5. The van der Waals surface area contributed by atoms with Crippen molar-refractivity contribution in [1.29, 1.82) is 0 Å². The lowest BCUT2D eigenvalue weighted by molar-refractivity contribution is 0.668. The van der Waals surface area contributed by atoms with Gasteiger partial charge in [0.05, 0.1) is 22.3 Å². The first-order chi connectivity index (χ1) is 30.2. The normalized spacial score (nSPS) is 11.9. The highest BCUT2D eigenvalue weighted by atomic mass is 16.3. The molecule has 0 amide bonds. The molecule has 0 aliphatic carbocycles. The van der Waals surface area contributed by atoms with Crippen molar-refractivity contribution < 1.29 is 8.83 Å². The predicted octanol–water partition coefficient (Wildman–Crippen LogP) is 14.6. The van der Waals surface area contributed by atoms with Crippen LogP contribution in [0.5, 0.6) is 0 Å². The quantitative estimate of drug-likeness (QED) is 0.174. The van der Waals surface area contributed by atoms with Gasteiger partial charge in [0.15, 0.2) is 17.5 Å². The fourth-order valence-electron chi connectivity index (χ4n) is 9.18. The second-order valence-electron chi connectivity index (χ2n) is 15.6. The fourth-order valence-corrected chi connectivity index (χ4v) is 9.18. The van der Waals surface area contributed by atoms with Crippen molar-refractivity contribution in [3.8, 4) is 51.0 Å². The number of aromatic nitrogens is 4. The van der Waals surface area contributed by atoms with Crippen LogP contribution in [0.2, 0.25) is 0 Å². The summed E-state index contributed by atoms with van der Waals surface area (Å²) in [5.74, 6) is 1.61. The van der Waals surface area contributed by atoms with Crippen LogP contribution in [0.15, 0.2) is 203 Å². The van der Waals surface area contributed by atoms with Gasteiger partial charge in [0.2, 0.25) is 0 Å². The Balaban J connectivity index is 1.14. The molecule has 13 aromatic rings. The molecule has 0 aliphatic heterocycles. The largest absolute Gasteiger partial charge is 0.456 e. The molecule has 0 spiro atoms. The van der Waals surface area contributed by atoms with Crippen molar-refractivity contribution in [2.45, 2.75) is 0 Å². The van der Waals surface area contributed by atoms with E-state index in [1.165, 1.54) is 5.39 Å². The molecule has 13 rings (SSSR count). The number of hydrogen-bond donors (Lipinski definition) is 0. The van der Waals surface area contributed by atoms with E-state index in [0.717, 1.165) is 105 Å². The van der Waals surface area contributed by atoms with Gasteiger partial charge in [-0.2, -0.15) is 0 Å². The van der Waals surface area contributed by atoms with Crippen LogP contribution in [0.4, 0.5) is 0 Å². The van der Waals surface area contributed by atoms with E-state index in [0.29, 0.717) is 17.5 Å². The minimum Gasteiger partial charge on any atom is -0.456 e. The number of fused-ring (bicyclic) bond motifs is 10. The summed E-state index contributed by atoms with van der Waals surface area (Å²) in [5.41, 5.74) is 10.9. The van der Waals surface area contributed by atoms with Gasteiger partial charge in [-0.05, 0) is 70.4 Å². The van der Waals surface area contributed by atoms with E-state index in [9.17, 15) is 0 Å². The SMILES string of the molecule is c1ccc(-c2cccc(-c3nc(-c4cc5c(cc4-n4c6ccccc6c6cc7ccccc7cc64)oc4ccccc45)nc(-c4cccc5c4oc4ccccc45)n3)c2)cc1. The summed E-state index contributed by atoms with van der Waals surface area (Å²) in [6.45, 7) is 0. The Labute approximate surface area is 348 Å². The molecule has 0 unspecified atom stereocenters. The van der Waals surface area contributed by atoms with Gasteiger partial charge < -0.3 is 13.4 Å². The molecule has 0 N–H and O–H groups in total. The summed E-state index contributed by atoms with van der Waals surface area (Å²) in [5, 5.41) is 8.73. The second kappa shape index (κ2) is 13.1. The molecule has 0 atom stereocenters. The van der Waals surface area contributed by atoms with E-state index >= 15 is 0 Å². The van der Waals surface area contributed by atoms with Gasteiger partial charge in [-0.3, -0.25) is 0 Å². The first-order valence-corrected chi connectivity index (χ1v) is 20.4. The first-order valence-electron chi connectivity index (χ1n) is 20.4. The fraction of sp³-hybridized carbons (Fsp3) is 0. The minimum atomic E-state index is 0.520. The monoisotopic (exact) mass is 780 g/mol. The van der Waals surface area contributed by atoms with Gasteiger partial charge in [0.1, 0.15) is 22.3 Å². The van der Waals surface area contributed by atoms with Crippen LogP contribution in [-0.4, -0.2) is 19.5 Å². The van der Waals surface area contributed by atoms with E-state index in [1.54, 1.807) is 0 Å². The highest BCUT2D eigenvalue weighted by Gasteiger charge is 2.24. The summed E-state index contributed by atoms with van der Waals surface area (Å²) in [6.07, 6.45) is 0. The standard InChI is InChI=1S/C55H32N4O2/c1-2-14-33(15-3-1)34-18-12-19-37(28-34)53-56-54(42-24-13-23-41-39-21-7-11-27-50(39)61-52(41)42)58-55(57-53)45-31-44-40-22-8-10-26-49(40)60-51(44)32-48(45)59-46-25-9-6-20-38(46)43-29-35-16-4-5-17-36(35)30-47(43)59/h1-32H. The molecule has 0 radical (unpaired) electrons. The van der Waals surface area contributed by atoms with Crippen molar-refractivity contribution in [2.75, 3.05) is 0 Å². The van der Waals surface area contributed by atoms with Crippen molar-refractivity contribution in [3.05, 3.63) is 194 Å². The van der Waals surface area contributed by atoms with Crippen molar-refractivity contribution in [2.24, 2.45) is 0 Å². The van der Waals surface area contributed by atoms with Crippen molar-refractivity contribution in [1.82, 2.24) is 19.5 Å². The third-order valence-electron chi connectivity index (χ3n) is 12.0. The Morgan fingerprint density at radius 2 is 0.934 bits per heavy atom. The molecular formula is C55H32N4O2. The third kappa shape index (κ3) is 5.26. The molecule has 6 heteroatoms. The van der Waals surface area contributed by atoms with Gasteiger partial charge in [0, 0.05) is 49.5 Å². The lowest BCUT2D eigenvalue weighted by Gasteiger charge is -2.15. The van der Waals surface area contributed by atoms with Gasteiger partial charge in [-0.15, -0.1) is 0 Å². The molecule has 0 aliphatic rings. The van der Waals surface area contributed by atoms with E-state index in [2.05, 4.69) is 156 Å². The highest BCUT2D eigenvalue weighted by Crippen LogP contribution is 2.42. The van der Waals surface area contributed by atoms with Crippen LogP contribution in [0.3, 0.4) is 0 Å². The third-order valence-corrected chi connectivity index (χ3v) is 12.0. The minimum absolute atomic E-state index is 0.520. The summed E-state index contributed by atoms with van der Waals surface area (Å²) in [6, 6.07) is 67.4. The maximum Gasteiger partial charge on any atom is 0.167 e. The highest BCUT2D eigenvalue weighted by molar-refractivity contribution is 6.15. The van der Waals surface area contributed by atoms with Gasteiger partial charge >= 0.3 is 0 Å². The van der Waals surface area contributed by atoms with E-state index < -0.39 is 0 Å². The van der Waals surface area contributed by atoms with E-state index in [1.807, 2.05) is 42.5 Å². The second-order valence-corrected chi connectivity index (χ2v) is 15.6. The first kappa shape index (κ1) is 33.6. The zero-order chi connectivity index (χ0) is 40.0. The van der Waals surface area contributed by atoms with Crippen LogP contribution in [0.25, 0.3) is 127 Å². The Kier molecular flexibility index (Phi) is 7.21. The zero-order valence-electron chi connectivity index (χ0n) is 32.6. The van der Waals surface area contributed by atoms with Crippen molar-refractivity contribution >= 4 is 76.5 Å². The van der Waals surface area contributed by atoms with Gasteiger partial charge in [-0.1, -0.05) is 140 Å². The summed E-state index contributed by atoms with van der Waals surface area (Å²) in [7, 11) is 0. The molecule has 0 bridgehead atoms. The molecule has 9 aromatic carbocycles. The Morgan fingerprint density at radius 3 is 1.77 bits per heavy atom. The molecular weight excluding hydrogens is 749 g/mol. The average molecular weight is 781 g/mol. The number of para-hydroxylation sites is 4. The summed E-state index contributed by atoms with van der Waals surface area (Å²) >= 11 is 0. The van der Waals surface area contributed by atoms with Crippen molar-refractivity contribution in [3.63, 3.8) is 0 Å². The maximum atomic E-state index is 6.62. The smallest absolute Gasteiger partial charge is 0.167 e. The molecule has 0 saturated carbocycles. The zero-order valence-corrected chi connectivity index (χ0v) is 32.6. The molecule has 284 valence electrons. The molecule has 4 heterocycles. The average Bonchev–Trinajstić information content (AvgIpc) is 3.99. The molecule has 61 heavy (non-hydrogen) atoms. The summed E-state index contributed by atoms with van der Waals surface area (Å²) in [4.78, 5) is 16.1. The Morgan fingerprint density at radius 1 is 0.328 bits per heavy atom. The van der Waals surface area contributed by atoms with Crippen LogP contribution < -0.4 is 0 Å². The van der Waals surface area contributed by atoms with Crippen LogP contribution >= 0.6 is 0 Å². The molecule has 6 nitrogen and oxygen atoms in total. The molecule has 0 saturated heterocycles.